The number of anilines is 1. The van der Waals surface area contributed by atoms with E-state index in [1.54, 1.807) is 12.3 Å². The number of carbonyl (C=O) groups is 1. The van der Waals surface area contributed by atoms with Gasteiger partial charge in [0, 0.05) is 36.7 Å². The van der Waals surface area contributed by atoms with Crippen molar-refractivity contribution in [2.45, 2.75) is 19.4 Å². The van der Waals surface area contributed by atoms with Gasteiger partial charge < -0.3 is 9.88 Å². The maximum absolute atomic E-state index is 12.5. The van der Waals surface area contributed by atoms with Crippen molar-refractivity contribution in [1.82, 2.24) is 19.7 Å². The lowest BCUT2D eigenvalue weighted by molar-refractivity contribution is -0.120. The number of benzene rings is 1. The Labute approximate surface area is 131 Å². The van der Waals surface area contributed by atoms with Crippen LogP contribution >= 0.6 is 11.6 Å². The van der Waals surface area contributed by atoms with Gasteiger partial charge >= 0.3 is 0 Å². The van der Waals surface area contributed by atoms with Crippen LogP contribution in [0.5, 0.6) is 0 Å². The molecule has 3 heterocycles. The molecule has 7 heteroatoms. The second kappa shape index (κ2) is 5.14. The summed E-state index contributed by atoms with van der Waals surface area (Å²) in [6.07, 6.45) is 5.19. The number of halogens is 1. The zero-order chi connectivity index (χ0) is 15.1. The van der Waals surface area contributed by atoms with Crippen LogP contribution in [0.1, 0.15) is 12.2 Å². The Kier molecular flexibility index (Phi) is 3.11. The molecule has 22 heavy (non-hydrogen) atoms. The number of nitrogens with one attached hydrogen (secondary N) is 2. The normalized spacial score (nSPS) is 17.4. The highest BCUT2D eigenvalue weighted by atomic mass is 35.5. The summed E-state index contributed by atoms with van der Waals surface area (Å²) in [6.45, 7) is 0.820. The van der Waals surface area contributed by atoms with E-state index in [1.807, 2.05) is 18.3 Å². The van der Waals surface area contributed by atoms with Gasteiger partial charge in [0.2, 0.25) is 5.91 Å². The van der Waals surface area contributed by atoms with E-state index in [4.69, 9.17) is 11.6 Å². The fraction of sp³-hybridized carbons (Fsp3) is 0.267. The van der Waals surface area contributed by atoms with Crippen LogP contribution in [0.15, 0.2) is 30.6 Å². The van der Waals surface area contributed by atoms with Gasteiger partial charge in [0.1, 0.15) is 5.82 Å². The number of rotatable bonds is 2. The number of amides is 1. The molecule has 1 amide bonds. The topological polar surface area (TPSA) is 75.6 Å². The molecule has 1 unspecified atom stereocenters. The van der Waals surface area contributed by atoms with Gasteiger partial charge in [-0.25, -0.2) is 4.98 Å². The molecule has 1 aliphatic rings. The molecular weight excluding hydrogens is 302 g/mol. The second-order valence-electron chi connectivity index (χ2n) is 5.45. The first-order valence-electron chi connectivity index (χ1n) is 7.16. The number of aryl methyl sites for hydroxylation is 1. The fourth-order valence-electron chi connectivity index (χ4n) is 2.90. The number of hydrogen-bond donors (Lipinski definition) is 2. The average molecular weight is 316 g/mol. The number of imidazole rings is 1. The molecule has 0 saturated carbocycles. The molecule has 6 nitrogen and oxygen atoms in total. The monoisotopic (exact) mass is 315 g/mol. The molecule has 3 aromatic rings. The van der Waals surface area contributed by atoms with E-state index in [1.165, 1.54) is 0 Å². The summed E-state index contributed by atoms with van der Waals surface area (Å²) in [6, 6.07) is 5.51. The van der Waals surface area contributed by atoms with Gasteiger partial charge in [-0.05, 0) is 18.6 Å². The van der Waals surface area contributed by atoms with Crippen LogP contribution in [0.4, 0.5) is 5.82 Å². The molecule has 4 rings (SSSR count). The molecule has 2 N–H and O–H groups in total. The fourth-order valence-corrected chi connectivity index (χ4v) is 3.11. The lowest BCUT2D eigenvalue weighted by Gasteiger charge is -2.22. The Bertz CT molecular complexity index is 853. The Morgan fingerprint density at radius 2 is 2.36 bits per heavy atom. The molecule has 0 saturated heterocycles. The van der Waals surface area contributed by atoms with E-state index in [0.29, 0.717) is 17.3 Å². The van der Waals surface area contributed by atoms with Gasteiger partial charge in [-0.1, -0.05) is 17.7 Å². The molecular formula is C15H14ClN5O. The number of nitrogens with zero attached hydrogens (tertiary/aromatic N) is 3. The Morgan fingerprint density at radius 1 is 1.45 bits per heavy atom. The summed E-state index contributed by atoms with van der Waals surface area (Å²) >= 11 is 6.10. The largest absolute Gasteiger partial charge is 0.335 e. The van der Waals surface area contributed by atoms with Crippen molar-refractivity contribution in [1.29, 1.82) is 0 Å². The van der Waals surface area contributed by atoms with Crippen LogP contribution in [-0.2, 0) is 17.8 Å². The Hall–Kier alpha value is -2.34. The molecule has 1 atom stereocenters. The number of hydrogen-bond acceptors (Lipinski definition) is 3. The third-order valence-electron chi connectivity index (χ3n) is 4.11. The molecule has 0 aliphatic carbocycles. The molecule has 0 bridgehead atoms. The van der Waals surface area contributed by atoms with Gasteiger partial charge in [-0.3, -0.25) is 9.89 Å². The predicted octanol–water partition coefficient (Wildman–Crippen LogP) is 2.61. The van der Waals surface area contributed by atoms with E-state index in [9.17, 15) is 4.79 Å². The summed E-state index contributed by atoms with van der Waals surface area (Å²) in [5.74, 6) is 1.38. The van der Waals surface area contributed by atoms with E-state index in [-0.39, 0.29) is 11.8 Å². The molecule has 1 aromatic carbocycles. The van der Waals surface area contributed by atoms with E-state index < -0.39 is 0 Å². The van der Waals surface area contributed by atoms with E-state index in [2.05, 4.69) is 25.1 Å². The van der Waals surface area contributed by atoms with E-state index >= 15 is 0 Å². The highest BCUT2D eigenvalue weighted by Crippen LogP contribution is 2.27. The van der Waals surface area contributed by atoms with Crippen molar-refractivity contribution < 1.29 is 4.79 Å². The van der Waals surface area contributed by atoms with Crippen molar-refractivity contribution in [3.8, 4) is 0 Å². The number of para-hydroxylation sites is 1. The van der Waals surface area contributed by atoms with Gasteiger partial charge in [0.05, 0.1) is 10.5 Å². The van der Waals surface area contributed by atoms with Gasteiger partial charge in [0.25, 0.3) is 0 Å². The smallest absolute Gasteiger partial charge is 0.229 e. The van der Waals surface area contributed by atoms with Crippen LogP contribution in [0, 0.1) is 5.92 Å². The number of aromatic nitrogens is 4. The molecule has 0 fully saturated rings. The molecule has 112 valence electrons. The highest BCUT2D eigenvalue weighted by Gasteiger charge is 2.26. The first-order valence-corrected chi connectivity index (χ1v) is 7.53. The second-order valence-corrected chi connectivity index (χ2v) is 5.86. The first-order chi connectivity index (χ1) is 10.7. The van der Waals surface area contributed by atoms with Gasteiger partial charge in [-0.2, -0.15) is 5.10 Å². The Balaban J connectivity index is 1.56. The van der Waals surface area contributed by atoms with Crippen molar-refractivity contribution >= 4 is 34.2 Å². The van der Waals surface area contributed by atoms with Crippen molar-refractivity contribution in [2.24, 2.45) is 5.92 Å². The molecule has 1 aliphatic heterocycles. The van der Waals surface area contributed by atoms with Gasteiger partial charge in [-0.15, -0.1) is 0 Å². The molecule has 0 radical (unpaired) electrons. The standard InChI is InChI=1S/C15H14ClN5O/c16-11-3-1-2-10-13(11)19-20-14(10)18-15(22)9-4-6-21-7-5-17-12(21)8-9/h1-3,5,7,9H,4,6,8H2,(H2,18,19,20,22). The third-order valence-corrected chi connectivity index (χ3v) is 4.42. The van der Waals surface area contributed by atoms with Crippen LogP contribution in [-0.4, -0.2) is 25.7 Å². The third kappa shape index (κ3) is 2.16. The zero-order valence-electron chi connectivity index (χ0n) is 11.7. The minimum atomic E-state index is -0.0826. The van der Waals surface area contributed by atoms with Crippen LogP contribution in [0.25, 0.3) is 10.9 Å². The van der Waals surface area contributed by atoms with Gasteiger partial charge in [0.15, 0.2) is 5.82 Å². The highest BCUT2D eigenvalue weighted by molar-refractivity contribution is 6.35. The minimum Gasteiger partial charge on any atom is -0.335 e. The van der Waals surface area contributed by atoms with Crippen molar-refractivity contribution in [3.05, 3.63) is 41.4 Å². The summed E-state index contributed by atoms with van der Waals surface area (Å²) in [4.78, 5) is 16.8. The summed E-state index contributed by atoms with van der Waals surface area (Å²) in [5.41, 5.74) is 0.735. The lowest BCUT2D eigenvalue weighted by atomic mass is 9.97. The predicted molar refractivity (Wildman–Crippen MR) is 83.8 cm³/mol. The summed E-state index contributed by atoms with van der Waals surface area (Å²) in [7, 11) is 0. The number of fused-ring (bicyclic) bond motifs is 2. The quantitative estimate of drug-likeness (QED) is 0.763. The van der Waals surface area contributed by atoms with Crippen LogP contribution in [0.2, 0.25) is 5.02 Å². The van der Waals surface area contributed by atoms with Crippen molar-refractivity contribution in [3.63, 3.8) is 0 Å². The van der Waals surface area contributed by atoms with Crippen LogP contribution in [0.3, 0.4) is 0 Å². The Morgan fingerprint density at radius 3 is 3.27 bits per heavy atom. The van der Waals surface area contributed by atoms with Crippen molar-refractivity contribution in [2.75, 3.05) is 5.32 Å². The minimum absolute atomic E-state index is 0.0253. The summed E-state index contributed by atoms with van der Waals surface area (Å²) < 4.78 is 2.09. The number of carbonyl (C=O) groups excluding carboxylic acids is 1. The number of H-pyrrole nitrogens is 1. The molecule has 0 spiro atoms. The number of aromatic amines is 1. The average Bonchev–Trinajstić information content (AvgIpc) is 3.14. The zero-order valence-corrected chi connectivity index (χ0v) is 12.5. The SMILES string of the molecule is O=C(Nc1n[nH]c2c(Cl)cccc12)C1CCn2ccnc2C1. The first kappa shape index (κ1) is 13.3. The maximum atomic E-state index is 12.5. The lowest BCUT2D eigenvalue weighted by Crippen LogP contribution is -2.30. The maximum Gasteiger partial charge on any atom is 0.229 e. The molecule has 2 aromatic heterocycles. The van der Waals surface area contributed by atoms with E-state index in [0.717, 1.165) is 29.7 Å². The van der Waals surface area contributed by atoms with Crippen LogP contribution < -0.4 is 5.32 Å². The summed E-state index contributed by atoms with van der Waals surface area (Å²) in [5, 5.41) is 11.3.